The zero-order valence-corrected chi connectivity index (χ0v) is 13.9. The lowest BCUT2D eigenvalue weighted by atomic mass is 9.94. The summed E-state index contributed by atoms with van der Waals surface area (Å²) in [5, 5.41) is 0. The summed E-state index contributed by atoms with van der Waals surface area (Å²) in [5.41, 5.74) is 3.16. The van der Waals surface area contributed by atoms with Crippen LogP contribution in [-0.2, 0) is 6.54 Å². The van der Waals surface area contributed by atoms with Gasteiger partial charge in [0.05, 0.1) is 17.9 Å². The minimum Gasteiger partial charge on any atom is -0.472 e. The van der Waals surface area contributed by atoms with Gasteiger partial charge >= 0.3 is 0 Å². The predicted octanol–water partition coefficient (Wildman–Crippen LogP) is 3.71. The highest BCUT2D eigenvalue weighted by molar-refractivity contribution is 5.94. The molecule has 0 N–H and O–H groups in total. The molecule has 1 amide bonds. The molecule has 1 fully saturated rings. The second kappa shape index (κ2) is 7.01. The van der Waals surface area contributed by atoms with Crippen molar-refractivity contribution in [2.45, 2.75) is 31.8 Å². The van der Waals surface area contributed by atoms with Gasteiger partial charge in [0.2, 0.25) is 0 Å². The fourth-order valence-electron chi connectivity index (χ4n) is 3.28. The van der Waals surface area contributed by atoms with E-state index in [1.165, 1.54) is 23.8 Å². The lowest BCUT2D eigenvalue weighted by Gasteiger charge is -2.36. The van der Waals surface area contributed by atoms with Gasteiger partial charge in [-0.25, -0.2) is 0 Å². The van der Waals surface area contributed by atoms with Gasteiger partial charge in [-0.05, 0) is 50.6 Å². The Kier molecular flexibility index (Phi) is 4.82. The van der Waals surface area contributed by atoms with Crippen LogP contribution in [0.25, 0.3) is 0 Å². The molecule has 0 bridgehead atoms. The van der Waals surface area contributed by atoms with Crippen molar-refractivity contribution in [2.24, 2.45) is 0 Å². The highest BCUT2D eigenvalue weighted by atomic mass is 16.3. The number of benzene rings is 1. The number of carbonyl (C=O) groups excluding carboxylic acids is 1. The van der Waals surface area contributed by atoms with Crippen molar-refractivity contribution < 1.29 is 9.21 Å². The zero-order chi connectivity index (χ0) is 16.2. The van der Waals surface area contributed by atoms with Crippen LogP contribution in [0.15, 0.2) is 47.3 Å². The molecule has 1 aliphatic rings. The number of carbonyl (C=O) groups is 1. The standard InChI is InChI=1S/C19H24N2O2/c1-20(2)13-15-6-8-16(9-7-15)18-5-3-4-11-21(18)19(22)17-10-12-23-14-17/h6-10,12,14,18H,3-5,11,13H2,1-2H3/t18-/m1/s1. The summed E-state index contributed by atoms with van der Waals surface area (Å²) in [6.45, 7) is 1.75. The molecule has 0 radical (unpaired) electrons. The van der Waals surface area contributed by atoms with Gasteiger partial charge in [-0.3, -0.25) is 4.79 Å². The molecule has 0 spiro atoms. The van der Waals surface area contributed by atoms with Gasteiger partial charge in [0, 0.05) is 13.1 Å². The SMILES string of the molecule is CN(C)Cc1ccc([C@H]2CCCCN2C(=O)c2ccoc2)cc1. The smallest absolute Gasteiger partial charge is 0.257 e. The lowest BCUT2D eigenvalue weighted by molar-refractivity contribution is 0.0611. The molecule has 0 aliphatic carbocycles. The van der Waals surface area contributed by atoms with Crippen LogP contribution in [0.5, 0.6) is 0 Å². The summed E-state index contributed by atoms with van der Waals surface area (Å²) < 4.78 is 5.07. The van der Waals surface area contributed by atoms with Gasteiger partial charge in [0.15, 0.2) is 0 Å². The van der Waals surface area contributed by atoms with E-state index in [1.54, 1.807) is 12.3 Å². The molecule has 1 aromatic carbocycles. The Morgan fingerprint density at radius 3 is 2.65 bits per heavy atom. The highest BCUT2D eigenvalue weighted by Crippen LogP contribution is 2.32. The number of nitrogens with zero attached hydrogens (tertiary/aromatic N) is 2. The van der Waals surface area contributed by atoms with E-state index in [0.717, 1.165) is 25.9 Å². The number of hydrogen-bond donors (Lipinski definition) is 0. The largest absolute Gasteiger partial charge is 0.472 e. The van der Waals surface area contributed by atoms with E-state index >= 15 is 0 Å². The number of likely N-dealkylation sites (tertiary alicyclic amines) is 1. The third kappa shape index (κ3) is 3.64. The number of hydrogen-bond acceptors (Lipinski definition) is 3. The first kappa shape index (κ1) is 15.8. The van der Waals surface area contributed by atoms with Gasteiger partial charge < -0.3 is 14.2 Å². The average Bonchev–Trinajstić information content (AvgIpc) is 3.09. The number of furan rings is 1. The Bertz CT molecular complexity index is 632. The molecule has 4 nitrogen and oxygen atoms in total. The van der Waals surface area contributed by atoms with Gasteiger partial charge in [-0.15, -0.1) is 0 Å². The molecule has 1 atom stereocenters. The molecular weight excluding hydrogens is 288 g/mol. The fraction of sp³-hybridized carbons (Fsp3) is 0.421. The van der Waals surface area contributed by atoms with Crippen molar-refractivity contribution in [3.63, 3.8) is 0 Å². The Morgan fingerprint density at radius 2 is 2.00 bits per heavy atom. The van der Waals surface area contributed by atoms with Gasteiger partial charge in [-0.2, -0.15) is 0 Å². The summed E-state index contributed by atoms with van der Waals surface area (Å²) in [7, 11) is 4.14. The van der Waals surface area contributed by atoms with Crippen molar-refractivity contribution in [2.75, 3.05) is 20.6 Å². The van der Waals surface area contributed by atoms with E-state index in [-0.39, 0.29) is 11.9 Å². The first-order valence-corrected chi connectivity index (χ1v) is 8.22. The lowest BCUT2D eigenvalue weighted by Crippen LogP contribution is -2.38. The second-order valence-corrected chi connectivity index (χ2v) is 6.50. The molecule has 1 saturated heterocycles. The third-order valence-electron chi connectivity index (χ3n) is 4.40. The first-order valence-electron chi connectivity index (χ1n) is 8.22. The molecule has 1 aromatic heterocycles. The van der Waals surface area contributed by atoms with Crippen molar-refractivity contribution >= 4 is 5.91 Å². The Morgan fingerprint density at radius 1 is 1.22 bits per heavy atom. The average molecular weight is 312 g/mol. The number of piperidine rings is 1. The quantitative estimate of drug-likeness (QED) is 0.863. The Labute approximate surface area is 137 Å². The Hall–Kier alpha value is -2.07. The van der Waals surface area contributed by atoms with E-state index in [4.69, 9.17) is 4.42 Å². The summed E-state index contributed by atoms with van der Waals surface area (Å²) >= 11 is 0. The minimum atomic E-state index is 0.0702. The number of amides is 1. The molecule has 0 unspecified atom stereocenters. The van der Waals surface area contributed by atoms with E-state index < -0.39 is 0 Å². The predicted molar refractivity (Wildman–Crippen MR) is 90.2 cm³/mol. The van der Waals surface area contributed by atoms with Crippen molar-refractivity contribution in [1.82, 2.24) is 9.80 Å². The summed E-state index contributed by atoms with van der Waals surface area (Å²) in [4.78, 5) is 16.9. The monoisotopic (exact) mass is 312 g/mol. The van der Waals surface area contributed by atoms with Crippen molar-refractivity contribution in [3.05, 3.63) is 59.5 Å². The first-order chi connectivity index (χ1) is 11.1. The van der Waals surface area contributed by atoms with Crippen molar-refractivity contribution in [1.29, 1.82) is 0 Å². The topological polar surface area (TPSA) is 36.7 Å². The molecule has 2 heterocycles. The number of rotatable bonds is 4. The van der Waals surface area contributed by atoms with Crippen LogP contribution < -0.4 is 0 Å². The molecule has 23 heavy (non-hydrogen) atoms. The maximum atomic E-state index is 12.7. The second-order valence-electron chi connectivity index (χ2n) is 6.50. The molecular formula is C19H24N2O2. The van der Waals surface area contributed by atoms with Crippen LogP contribution >= 0.6 is 0 Å². The molecule has 2 aromatic rings. The maximum Gasteiger partial charge on any atom is 0.257 e. The van der Waals surface area contributed by atoms with E-state index in [2.05, 4.69) is 43.3 Å². The summed E-state index contributed by atoms with van der Waals surface area (Å²) in [5.74, 6) is 0.0702. The van der Waals surface area contributed by atoms with Gasteiger partial charge in [-0.1, -0.05) is 24.3 Å². The van der Waals surface area contributed by atoms with Gasteiger partial charge in [0.1, 0.15) is 6.26 Å². The van der Waals surface area contributed by atoms with Crippen LogP contribution in [0.3, 0.4) is 0 Å². The Balaban J connectivity index is 1.79. The van der Waals surface area contributed by atoms with Crippen molar-refractivity contribution in [3.8, 4) is 0 Å². The van der Waals surface area contributed by atoms with Crippen LogP contribution in [-0.4, -0.2) is 36.3 Å². The van der Waals surface area contributed by atoms with Crippen LogP contribution in [0.4, 0.5) is 0 Å². The molecule has 3 rings (SSSR count). The third-order valence-corrected chi connectivity index (χ3v) is 4.40. The molecule has 1 aliphatic heterocycles. The summed E-state index contributed by atoms with van der Waals surface area (Å²) in [6.07, 6.45) is 6.35. The van der Waals surface area contributed by atoms with E-state index in [9.17, 15) is 4.79 Å². The highest BCUT2D eigenvalue weighted by Gasteiger charge is 2.29. The minimum absolute atomic E-state index is 0.0702. The zero-order valence-electron chi connectivity index (χ0n) is 13.9. The maximum absolute atomic E-state index is 12.7. The molecule has 122 valence electrons. The van der Waals surface area contributed by atoms with E-state index in [1.807, 2.05) is 4.90 Å². The van der Waals surface area contributed by atoms with Crippen LogP contribution in [0.2, 0.25) is 0 Å². The summed E-state index contributed by atoms with van der Waals surface area (Å²) in [6, 6.07) is 10.6. The van der Waals surface area contributed by atoms with Crippen LogP contribution in [0.1, 0.15) is 46.8 Å². The van der Waals surface area contributed by atoms with E-state index in [0.29, 0.717) is 5.56 Å². The van der Waals surface area contributed by atoms with Crippen LogP contribution in [0, 0.1) is 0 Å². The normalized spacial score (nSPS) is 18.4. The molecule has 4 heteroatoms. The fourth-order valence-corrected chi connectivity index (χ4v) is 3.28. The van der Waals surface area contributed by atoms with Gasteiger partial charge in [0.25, 0.3) is 5.91 Å². The molecule has 0 saturated carbocycles.